The summed E-state index contributed by atoms with van der Waals surface area (Å²) in [5.41, 5.74) is 0.733. The number of pyridine rings is 1. The number of halogens is 3. The maximum absolute atomic E-state index is 14.1. The Labute approximate surface area is 179 Å². The summed E-state index contributed by atoms with van der Waals surface area (Å²) in [4.78, 5) is 8.51. The summed E-state index contributed by atoms with van der Waals surface area (Å²) in [6.07, 6.45) is -3.00. The molecule has 2 aromatic carbocycles. The molecule has 1 aromatic heterocycles. The van der Waals surface area contributed by atoms with Crippen molar-refractivity contribution >= 4 is 22.8 Å². The lowest BCUT2D eigenvalue weighted by molar-refractivity contribution is -0.233. The average molecular weight is 426 g/mol. The van der Waals surface area contributed by atoms with Crippen LogP contribution in [0.25, 0.3) is 10.9 Å². The summed E-state index contributed by atoms with van der Waals surface area (Å²) in [5, 5.41) is 11.5. The quantitative estimate of drug-likeness (QED) is 0.498. The third kappa shape index (κ3) is 4.22. The van der Waals surface area contributed by atoms with Crippen LogP contribution < -0.4 is 0 Å². The number of benzene rings is 2. The van der Waals surface area contributed by atoms with Crippen LogP contribution in [0.5, 0.6) is 0 Å². The fraction of sp³-hybridized carbons (Fsp3) is 0.360. The summed E-state index contributed by atoms with van der Waals surface area (Å²) in [6, 6.07) is 16.3. The maximum Gasteiger partial charge on any atom is 0.422 e. The molecule has 0 spiro atoms. The molecule has 3 nitrogen and oxygen atoms in total. The zero-order chi connectivity index (χ0) is 22.2. The molecular weight excluding hydrogens is 401 g/mol. The molecule has 3 atom stereocenters. The Hall–Kier alpha value is -2.73. The van der Waals surface area contributed by atoms with Crippen molar-refractivity contribution in [1.29, 1.82) is 0 Å². The van der Waals surface area contributed by atoms with Gasteiger partial charge in [0, 0.05) is 17.3 Å². The molecule has 0 saturated heterocycles. The van der Waals surface area contributed by atoms with E-state index in [1.165, 1.54) is 0 Å². The van der Waals surface area contributed by atoms with Crippen molar-refractivity contribution in [2.24, 2.45) is 10.9 Å². The second-order valence-electron chi connectivity index (χ2n) is 8.50. The second-order valence-corrected chi connectivity index (χ2v) is 8.50. The molecule has 0 bridgehead atoms. The molecule has 0 saturated carbocycles. The average Bonchev–Trinajstić information content (AvgIpc) is 2.73. The standard InChI is InChI=1S/C25H25F3N2O/c1-16-10-12-18-6-3-4-7-19(18)21(16)14-24(31,25(26,27)28)15-29-22-8-5-9-23-20(22)13-11-17(2)30-23/h3-9,11,13,15-16,21,31H,10,12,14H2,1-2H3. The molecule has 3 aromatic rings. The van der Waals surface area contributed by atoms with E-state index in [0.29, 0.717) is 22.8 Å². The minimum Gasteiger partial charge on any atom is -0.376 e. The van der Waals surface area contributed by atoms with E-state index in [0.717, 1.165) is 29.7 Å². The van der Waals surface area contributed by atoms with Crippen LogP contribution in [0.3, 0.4) is 0 Å². The van der Waals surface area contributed by atoms with E-state index in [1.807, 2.05) is 38.1 Å². The van der Waals surface area contributed by atoms with Crippen molar-refractivity contribution in [3.63, 3.8) is 0 Å². The Morgan fingerprint density at radius 2 is 1.87 bits per heavy atom. The van der Waals surface area contributed by atoms with Gasteiger partial charge in [0.05, 0.1) is 11.2 Å². The van der Waals surface area contributed by atoms with Gasteiger partial charge in [0.15, 0.2) is 5.60 Å². The fourth-order valence-corrected chi connectivity index (χ4v) is 4.43. The van der Waals surface area contributed by atoms with E-state index >= 15 is 0 Å². The smallest absolute Gasteiger partial charge is 0.376 e. The Kier molecular flexibility index (Phi) is 5.60. The first-order chi connectivity index (χ1) is 14.7. The van der Waals surface area contributed by atoms with Crippen molar-refractivity contribution in [3.05, 3.63) is 71.4 Å². The van der Waals surface area contributed by atoms with Crippen molar-refractivity contribution in [2.45, 2.75) is 50.8 Å². The van der Waals surface area contributed by atoms with Gasteiger partial charge in [-0.3, -0.25) is 9.98 Å². The van der Waals surface area contributed by atoms with Gasteiger partial charge in [0.2, 0.25) is 0 Å². The third-order valence-electron chi connectivity index (χ3n) is 6.30. The van der Waals surface area contributed by atoms with Gasteiger partial charge >= 0.3 is 6.18 Å². The van der Waals surface area contributed by atoms with Gasteiger partial charge in [-0.1, -0.05) is 37.3 Å². The minimum absolute atomic E-state index is 0.0295. The Morgan fingerprint density at radius 3 is 2.65 bits per heavy atom. The SMILES string of the molecule is Cc1ccc2c(N=CC(O)(CC3c4ccccc4CCC3C)C(F)(F)F)cccc2n1. The molecule has 0 amide bonds. The summed E-state index contributed by atoms with van der Waals surface area (Å²) in [7, 11) is 0. The summed E-state index contributed by atoms with van der Waals surface area (Å²) >= 11 is 0. The molecule has 0 fully saturated rings. The molecule has 0 radical (unpaired) electrons. The first-order valence-corrected chi connectivity index (χ1v) is 10.5. The van der Waals surface area contributed by atoms with Crippen molar-refractivity contribution in [3.8, 4) is 0 Å². The predicted molar refractivity (Wildman–Crippen MR) is 117 cm³/mol. The molecule has 1 aliphatic rings. The van der Waals surface area contributed by atoms with Crippen LogP contribution in [0.1, 0.15) is 42.5 Å². The Bertz CT molecular complexity index is 1130. The number of aromatic nitrogens is 1. The highest BCUT2D eigenvalue weighted by Gasteiger charge is 2.54. The number of aliphatic hydroxyl groups is 1. The van der Waals surface area contributed by atoms with E-state index in [4.69, 9.17) is 0 Å². The van der Waals surface area contributed by atoms with Gasteiger partial charge in [0.1, 0.15) is 0 Å². The van der Waals surface area contributed by atoms with Crippen LogP contribution in [0, 0.1) is 12.8 Å². The normalized spacial score (nSPS) is 21.2. The number of aliphatic imine (C=N–C) groups is 1. The van der Waals surface area contributed by atoms with E-state index < -0.39 is 24.1 Å². The van der Waals surface area contributed by atoms with E-state index in [9.17, 15) is 18.3 Å². The predicted octanol–water partition coefficient (Wildman–Crippen LogP) is 6.30. The van der Waals surface area contributed by atoms with Crippen LogP contribution in [-0.2, 0) is 6.42 Å². The largest absolute Gasteiger partial charge is 0.422 e. The monoisotopic (exact) mass is 426 g/mol. The summed E-state index contributed by atoms with van der Waals surface area (Å²) in [5.74, 6) is -0.373. The highest BCUT2D eigenvalue weighted by Crippen LogP contribution is 2.45. The molecule has 31 heavy (non-hydrogen) atoms. The molecule has 1 aliphatic carbocycles. The van der Waals surface area contributed by atoms with Crippen molar-refractivity contribution in [1.82, 2.24) is 4.98 Å². The summed E-state index contributed by atoms with van der Waals surface area (Å²) < 4.78 is 42.2. The summed E-state index contributed by atoms with van der Waals surface area (Å²) in [6.45, 7) is 3.80. The van der Waals surface area contributed by atoms with Gasteiger partial charge < -0.3 is 5.11 Å². The van der Waals surface area contributed by atoms with Gasteiger partial charge in [-0.05, 0) is 73.4 Å². The van der Waals surface area contributed by atoms with Crippen molar-refractivity contribution < 1.29 is 18.3 Å². The third-order valence-corrected chi connectivity index (χ3v) is 6.30. The molecule has 0 aliphatic heterocycles. The van der Waals surface area contributed by atoms with Gasteiger partial charge in [-0.2, -0.15) is 13.2 Å². The van der Waals surface area contributed by atoms with E-state index in [1.54, 1.807) is 30.3 Å². The van der Waals surface area contributed by atoms with Crippen LogP contribution >= 0.6 is 0 Å². The number of alkyl halides is 3. The first-order valence-electron chi connectivity index (χ1n) is 10.5. The fourth-order valence-electron chi connectivity index (χ4n) is 4.43. The number of rotatable bonds is 4. The lowest BCUT2D eigenvalue weighted by Crippen LogP contribution is -2.48. The number of fused-ring (bicyclic) bond motifs is 2. The molecule has 4 rings (SSSR count). The molecule has 162 valence electrons. The number of nitrogens with zero attached hydrogens (tertiary/aromatic N) is 2. The number of hydrogen-bond acceptors (Lipinski definition) is 3. The van der Waals surface area contributed by atoms with E-state index in [2.05, 4.69) is 9.98 Å². The highest BCUT2D eigenvalue weighted by molar-refractivity contribution is 5.92. The molecular formula is C25H25F3N2O. The minimum atomic E-state index is -4.85. The Morgan fingerprint density at radius 1 is 1.10 bits per heavy atom. The van der Waals surface area contributed by atoms with Gasteiger partial charge in [0.25, 0.3) is 0 Å². The lowest BCUT2D eigenvalue weighted by atomic mass is 9.71. The van der Waals surface area contributed by atoms with E-state index in [-0.39, 0.29) is 5.92 Å². The highest BCUT2D eigenvalue weighted by atomic mass is 19.4. The Balaban J connectivity index is 1.72. The topological polar surface area (TPSA) is 45.5 Å². The molecule has 1 heterocycles. The number of hydrogen-bond donors (Lipinski definition) is 1. The van der Waals surface area contributed by atoms with Gasteiger partial charge in [-0.25, -0.2) is 0 Å². The van der Waals surface area contributed by atoms with Crippen molar-refractivity contribution in [2.75, 3.05) is 0 Å². The van der Waals surface area contributed by atoms with Gasteiger partial charge in [-0.15, -0.1) is 0 Å². The first kappa shape index (κ1) is 21.5. The second kappa shape index (κ2) is 8.08. The van der Waals surface area contributed by atoms with Crippen LogP contribution in [0.15, 0.2) is 59.6 Å². The number of aryl methyl sites for hydroxylation is 2. The van der Waals surface area contributed by atoms with Crippen LogP contribution in [0.2, 0.25) is 0 Å². The lowest BCUT2D eigenvalue weighted by Gasteiger charge is -2.37. The maximum atomic E-state index is 14.1. The van der Waals surface area contributed by atoms with Crippen LogP contribution in [-0.4, -0.2) is 28.1 Å². The molecule has 3 unspecified atom stereocenters. The molecule has 1 N–H and O–H groups in total. The van der Waals surface area contributed by atoms with Crippen LogP contribution in [0.4, 0.5) is 18.9 Å². The zero-order valence-electron chi connectivity index (χ0n) is 17.5. The zero-order valence-corrected chi connectivity index (χ0v) is 17.5. The molecule has 6 heteroatoms.